The van der Waals surface area contributed by atoms with Crippen molar-refractivity contribution in [2.45, 2.75) is 25.3 Å². The standard InChI is InChI=1S/C18H19N5O2/c1-23-17(20-10-21-23)9-19-18(24)14-8-16(11-3-4-11)22-15-6-5-12(25-2)7-13(14)15/h5-8,10-11H,3-4,9H2,1-2H3,(H,19,24). The monoisotopic (exact) mass is 337 g/mol. The smallest absolute Gasteiger partial charge is 0.252 e. The third-order valence-electron chi connectivity index (χ3n) is 4.49. The average molecular weight is 337 g/mol. The SMILES string of the molecule is COc1ccc2nc(C3CC3)cc(C(=O)NCc3ncnn3C)c2c1. The number of hydrogen-bond donors (Lipinski definition) is 1. The number of ether oxygens (including phenoxy) is 1. The van der Waals surface area contributed by atoms with Crippen LogP contribution in [0.3, 0.4) is 0 Å². The number of aryl methyl sites for hydroxylation is 1. The summed E-state index contributed by atoms with van der Waals surface area (Å²) in [4.78, 5) is 21.7. The van der Waals surface area contributed by atoms with E-state index in [0.29, 0.717) is 29.6 Å². The van der Waals surface area contributed by atoms with Crippen molar-refractivity contribution in [2.75, 3.05) is 7.11 Å². The molecule has 1 aliphatic carbocycles. The van der Waals surface area contributed by atoms with Crippen LogP contribution in [0, 0.1) is 0 Å². The number of nitrogens with zero attached hydrogens (tertiary/aromatic N) is 4. The maximum Gasteiger partial charge on any atom is 0.252 e. The van der Waals surface area contributed by atoms with E-state index in [1.165, 1.54) is 6.33 Å². The van der Waals surface area contributed by atoms with Crippen molar-refractivity contribution in [1.82, 2.24) is 25.1 Å². The number of hydrogen-bond acceptors (Lipinski definition) is 5. The van der Waals surface area contributed by atoms with Gasteiger partial charge in [0.05, 0.1) is 24.7 Å². The minimum atomic E-state index is -0.148. The Balaban J connectivity index is 1.70. The molecule has 1 aromatic carbocycles. The molecule has 2 aromatic heterocycles. The number of carbonyl (C=O) groups is 1. The number of carbonyl (C=O) groups excluding carboxylic acids is 1. The largest absolute Gasteiger partial charge is 0.497 e. The highest BCUT2D eigenvalue weighted by Gasteiger charge is 2.27. The molecular weight excluding hydrogens is 318 g/mol. The van der Waals surface area contributed by atoms with E-state index >= 15 is 0 Å². The zero-order valence-corrected chi connectivity index (χ0v) is 14.2. The Kier molecular flexibility index (Phi) is 3.83. The molecular formula is C18H19N5O2. The van der Waals surface area contributed by atoms with Gasteiger partial charge in [-0.1, -0.05) is 0 Å². The van der Waals surface area contributed by atoms with Crippen molar-refractivity contribution in [3.63, 3.8) is 0 Å². The van der Waals surface area contributed by atoms with Gasteiger partial charge in [0.25, 0.3) is 5.91 Å². The highest BCUT2D eigenvalue weighted by Crippen LogP contribution is 2.40. The van der Waals surface area contributed by atoms with Crippen molar-refractivity contribution < 1.29 is 9.53 Å². The fraction of sp³-hybridized carbons (Fsp3) is 0.333. The van der Waals surface area contributed by atoms with Crippen molar-refractivity contribution in [3.8, 4) is 5.75 Å². The fourth-order valence-electron chi connectivity index (χ4n) is 2.86. The molecule has 1 aliphatic rings. The number of amides is 1. The summed E-state index contributed by atoms with van der Waals surface area (Å²) >= 11 is 0. The predicted octanol–water partition coefficient (Wildman–Crippen LogP) is 2.18. The second-order valence-corrected chi connectivity index (χ2v) is 6.23. The zero-order chi connectivity index (χ0) is 17.4. The van der Waals surface area contributed by atoms with Gasteiger partial charge in [0, 0.05) is 24.0 Å². The summed E-state index contributed by atoms with van der Waals surface area (Å²) in [7, 11) is 3.41. The summed E-state index contributed by atoms with van der Waals surface area (Å²) in [6, 6.07) is 7.54. The Morgan fingerprint density at radius 2 is 2.20 bits per heavy atom. The van der Waals surface area contributed by atoms with E-state index in [1.54, 1.807) is 18.8 Å². The van der Waals surface area contributed by atoms with Gasteiger partial charge in [0.1, 0.15) is 17.9 Å². The second kappa shape index (κ2) is 6.16. The third-order valence-corrected chi connectivity index (χ3v) is 4.49. The molecule has 0 spiro atoms. The van der Waals surface area contributed by atoms with E-state index in [-0.39, 0.29) is 5.91 Å². The summed E-state index contributed by atoms with van der Waals surface area (Å²) in [6.45, 7) is 0.321. The van der Waals surface area contributed by atoms with Crippen molar-refractivity contribution in [2.24, 2.45) is 7.05 Å². The maximum atomic E-state index is 12.8. The average Bonchev–Trinajstić information content (AvgIpc) is 3.40. The molecule has 7 heteroatoms. The Hall–Kier alpha value is -2.96. The number of benzene rings is 1. The van der Waals surface area contributed by atoms with Gasteiger partial charge in [-0.15, -0.1) is 0 Å². The molecule has 4 rings (SSSR count). The summed E-state index contributed by atoms with van der Waals surface area (Å²) in [6.07, 6.45) is 3.74. The maximum absolute atomic E-state index is 12.8. The van der Waals surface area contributed by atoms with Crippen LogP contribution in [0.1, 0.15) is 40.6 Å². The van der Waals surface area contributed by atoms with E-state index in [4.69, 9.17) is 9.72 Å². The van der Waals surface area contributed by atoms with E-state index in [2.05, 4.69) is 15.4 Å². The quantitative estimate of drug-likeness (QED) is 0.772. The second-order valence-electron chi connectivity index (χ2n) is 6.23. The lowest BCUT2D eigenvalue weighted by atomic mass is 10.0. The van der Waals surface area contributed by atoms with Crippen LogP contribution in [0.4, 0.5) is 0 Å². The van der Waals surface area contributed by atoms with Gasteiger partial charge in [-0.05, 0) is 37.1 Å². The Bertz CT molecular complexity index is 946. The molecule has 1 saturated carbocycles. The van der Waals surface area contributed by atoms with Gasteiger partial charge in [-0.25, -0.2) is 4.98 Å². The molecule has 3 aromatic rings. The van der Waals surface area contributed by atoms with Gasteiger partial charge < -0.3 is 10.1 Å². The molecule has 1 N–H and O–H groups in total. The molecule has 25 heavy (non-hydrogen) atoms. The number of fused-ring (bicyclic) bond motifs is 1. The van der Waals surface area contributed by atoms with Crippen molar-refractivity contribution >= 4 is 16.8 Å². The zero-order valence-electron chi connectivity index (χ0n) is 14.2. The molecule has 2 heterocycles. The van der Waals surface area contributed by atoms with E-state index in [1.807, 2.05) is 24.3 Å². The van der Waals surface area contributed by atoms with Crippen LogP contribution in [-0.2, 0) is 13.6 Å². The first-order valence-corrected chi connectivity index (χ1v) is 8.25. The topological polar surface area (TPSA) is 81.9 Å². The van der Waals surface area contributed by atoms with Crippen LogP contribution in [0.15, 0.2) is 30.6 Å². The molecule has 128 valence electrons. The van der Waals surface area contributed by atoms with Crippen LogP contribution in [0.2, 0.25) is 0 Å². The van der Waals surface area contributed by atoms with Gasteiger partial charge in [-0.2, -0.15) is 5.10 Å². The Morgan fingerprint density at radius 1 is 1.36 bits per heavy atom. The lowest BCUT2D eigenvalue weighted by molar-refractivity contribution is 0.0951. The van der Waals surface area contributed by atoms with Gasteiger partial charge in [-0.3, -0.25) is 14.5 Å². The lowest BCUT2D eigenvalue weighted by Gasteiger charge is -2.11. The minimum Gasteiger partial charge on any atom is -0.497 e. The Labute approximate surface area is 145 Å². The van der Waals surface area contributed by atoms with E-state index in [9.17, 15) is 4.79 Å². The summed E-state index contributed by atoms with van der Waals surface area (Å²) < 4.78 is 6.94. The summed E-state index contributed by atoms with van der Waals surface area (Å²) in [5, 5.41) is 7.73. The minimum absolute atomic E-state index is 0.148. The molecule has 0 saturated heterocycles. The molecule has 1 fully saturated rings. The van der Waals surface area contributed by atoms with Gasteiger partial charge in [0.2, 0.25) is 0 Å². The molecule has 0 aliphatic heterocycles. The Morgan fingerprint density at radius 3 is 2.88 bits per heavy atom. The molecule has 7 nitrogen and oxygen atoms in total. The first-order valence-electron chi connectivity index (χ1n) is 8.25. The first-order chi connectivity index (χ1) is 12.2. The number of aromatic nitrogens is 4. The first kappa shape index (κ1) is 15.6. The number of pyridine rings is 1. The predicted molar refractivity (Wildman–Crippen MR) is 92.4 cm³/mol. The molecule has 0 atom stereocenters. The third kappa shape index (κ3) is 3.05. The van der Waals surface area contributed by atoms with Crippen LogP contribution >= 0.6 is 0 Å². The highest BCUT2D eigenvalue weighted by molar-refractivity contribution is 6.06. The van der Waals surface area contributed by atoms with E-state index < -0.39 is 0 Å². The van der Waals surface area contributed by atoms with Gasteiger partial charge in [0.15, 0.2) is 0 Å². The molecule has 1 amide bonds. The normalized spacial score (nSPS) is 13.8. The molecule has 0 unspecified atom stereocenters. The van der Waals surface area contributed by atoms with Gasteiger partial charge >= 0.3 is 0 Å². The molecule has 0 radical (unpaired) electrons. The number of methoxy groups -OCH3 is 1. The van der Waals surface area contributed by atoms with Crippen molar-refractivity contribution in [3.05, 3.63) is 47.7 Å². The van der Waals surface area contributed by atoms with Crippen molar-refractivity contribution in [1.29, 1.82) is 0 Å². The summed E-state index contributed by atoms with van der Waals surface area (Å²) in [5.41, 5.74) is 2.42. The van der Waals surface area contributed by atoms with Crippen LogP contribution in [0.25, 0.3) is 10.9 Å². The van der Waals surface area contributed by atoms with E-state index in [0.717, 1.165) is 29.4 Å². The fourth-order valence-corrected chi connectivity index (χ4v) is 2.86. The highest BCUT2D eigenvalue weighted by atomic mass is 16.5. The summed E-state index contributed by atoms with van der Waals surface area (Å²) in [5.74, 6) is 1.73. The number of rotatable bonds is 5. The van der Waals surface area contributed by atoms with Crippen LogP contribution in [-0.4, -0.2) is 32.8 Å². The van der Waals surface area contributed by atoms with Crippen LogP contribution in [0.5, 0.6) is 5.75 Å². The molecule has 0 bridgehead atoms. The number of nitrogens with one attached hydrogen (secondary N) is 1. The lowest BCUT2D eigenvalue weighted by Crippen LogP contribution is -2.25. The van der Waals surface area contributed by atoms with Crippen LogP contribution < -0.4 is 10.1 Å².